The van der Waals surface area contributed by atoms with Crippen molar-refractivity contribution in [3.63, 3.8) is 0 Å². The van der Waals surface area contributed by atoms with E-state index in [0.717, 1.165) is 23.1 Å². The third-order valence-corrected chi connectivity index (χ3v) is 4.90. The Kier molecular flexibility index (Phi) is 5.39. The number of amides is 1. The number of para-hydroxylation sites is 1. The Morgan fingerprint density at radius 2 is 1.97 bits per heavy atom. The number of aromatic nitrogens is 3. The first kappa shape index (κ1) is 18.9. The fourth-order valence-electron chi connectivity index (χ4n) is 3.37. The molecule has 0 aliphatic rings. The number of hydrogen-bond donors (Lipinski definition) is 1. The van der Waals surface area contributed by atoms with Crippen LogP contribution in [0.2, 0.25) is 0 Å². The summed E-state index contributed by atoms with van der Waals surface area (Å²) in [5.41, 5.74) is 2.34. The summed E-state index contributed by atoms with van der Waals surface area (Å²) in [6, 6.07) is 15.0. The Morgan fingerprint density at radius 3 is 2.83 bits per heavy atom. The fraction of sp³-hybridized carbons (Fsp3) is 0.227. The summed E-state index contributed by atoms with van der Waals surface area (Å²) in [6.07, 6.45) is 3.69. The highest BCUT2D eigenvalue weighted by Gasteiger charge is 2.08. The van der Waals surface area contributed by atoms with Gasteiger partial charge in [0.1, 0.15) is 0 Å². The van der Waals surface area contributed by atoms with Gasteiger partial charge in [-0.15, -0.1) is 0 Å². The Morgan fingerprint density at radius 1 is 1.10 bits per heavy atom. The first-order valence-electron chi connectivity index (χ1n) is 9.47. The molecular weight excluding hydrogens is 368 g/mol. The van der Waals surface area contributed by atoms with Crippen LogP contribution >= 0.6 is 0 Å². The average molecular weight is 390 g/mol. The molecule has 148 valence electrons. The van der Waals surface area contributed by atoms with Gasteiger partial charge in [0.15, 0.2) is 0 Å². The van der Waals surface area contributed by atoms with Crippen molar-refractivity contribution < 1.29 is 9.53 Å². The zero-order valence-corrected chi connectivity index (χ0v) is 16.2. The van der Waals surface area contributed by atoms with Crippen LogP contribution in [0.1, 0.15) is 6.42 Å². The Hall–Kier alpha value is -3.45. The monoisotopic (exact) mass is 390 g/mol. The van der Waals surface area contributed by atoms with Crippen molar-refractivity contribution in [3.05, 3.63) is 71.4 Å². The number of anilines is 1. The van der Waals surface area contributed by atoms with E-state index in [2.05, 4.69) is 14.9 Å². The molecule has 2 heterocycles. The molecule has 7 heteroatoms. The standard InChI is InChI=1S/C22H22N4O3/c1-29-13-12-25-10-8-16-14-17(6-7-20(16)25)24-21(27)9-11-26-15-23-19-5-3-2-4-18(19)22(26)28/h2-8,10,14-15H,9,11-13H2,1H3,(H,24,27). The van der Waals surface area contributed by atoms with Gasteiger partial charge in [0, 0.05) is 49.4 Å². The third kappa shape index (κ3) is 4.05. The van der Waals surface area contributed by atoms with E-state index in [0.29, 0.717) is 17.5 Å². The average Bonchev–Trinajstić information content (AvgIpc) is 3.14. The second-order valence-corrected chi connectivity index (χ2v) is 6.83. The van der Waals surface area contributed by atoms with Crippen LogP contribution in [-0.4, -0.2) is 33.7 Å². The molecule has 1 amide bonds. The number of methoxy groups -OCH3 is 1. The molecule has 0 fully saturated rings. The van der Waals surface area contributed by atoms with Gasteiger partial charge >= 0.3 is 0 Å². The maximum Gasteiger partial charge on any atom is 0.261 e. The summed E-state index contributed by atoms with van der Waals surface area (Å²) in [5.74, 6) is -0.150. The largest absolute Gasteiger partial charge is 0.383 e. The van der Waals surface area contributed by atoms with Crippen molar-refractivity contribution >= 4 is 33.4 Å². The van der Waals surface area contributed by atoms with Crippen LogP contribution in [0.4, 0.5) is 5.69 Å². The maximum absolute atomic E-state index is 12.5. The summed E-state index contributed by atoms with van der Waals surface area (Å²) < 4.78 is 8.72. The summed E-state index contributed by atoms with van der Waals surface area (Å²) in [6.45, 7) is 1.70. The lowest BCUT2D eigenvalue weighted by molar-refractivity contribution is -0.116. The van der Waals surface area contributed by atoms with Crippen molar-refractivity contribution in [3.8, 4) is 0 Å². The molecule has 2 aromatic carbocycles. The Bertz CT molecular complexity index is 1230. The minimum atomic E-state index is -0.150. The predicted octanol–water partition coefficient (Wildman–Crippen LogP) is 3.03. The van der Waals surface area contributed by atoms with Crippen LogP contribution < -0.4 is 10.9 Å². The first-order valence-corrected chi connectivity index (χ1v) is 9.47. The molecular formula is C22H22N4O3. The van der Waals surface area contributed by atoms with Crippen molar-refractivity contribution in [2.24, 2.45) is 0 Å². The number of nitrogens with one attached hydrogen (secondary N) is 1. The van der Waals surface area contributed by atoms with Gasteiger partial charge < -0.3 is 14.6 Å². The second kappa shape index (κ2) is 8.28. The minimum absolute atomic E-state index is 0.137. The highest BCUT2D eigenvalue weighted by atomic mass is 16.5. The van der Waals surface area contributed by atoms with Crippen molar-refractivity contribution in [2.45, 2.75) is 19.5 Å². The normalized spacial score (nSPS) is 11.2. The molecule has 4 rings (SSSR count). The number of fused-ring (bicyclic) bond motifs is 2. The molecule has 0 bridgehead atoms. The molecule has 0 aliphatic carbocycles. The van der Waals surface area contributed by atoms with E-state index in [1.807, 2.05) is 36.5 Å². The maximum atomic E-state index is 12.5. The molecule has 29 heavy (non-hydrogen) atoms. The Labute approximate surface area is 167 Å². The van der Waals surface area contributed by atoms with Gasteiger partial charge in [-0.2, -0.15) is 0 Å². The van der Waals surface area contributed by atoms with Crippen LogP contribution in [0, 0.1) is 0 Å². The molecule has 0 spiro atoms. The number of hydrogen-bond acceptors (Lipinski definition) is 4. The number of carbonyl (C=O) groups is 1. The van der Waals surface area contributed by atoms with Crippen molar-refractivity contribution in [1.82, 2.24) is 14.1 Å². The number of ether oxygens (including phenoxy) is 1. The zero-order valence-electron chi connectivity index (χ0n) is 16.2. The lowest BCUT2D eigenvalue weighted by Gasteiger charge is -2.09. The van der Waals surface area contributed by atoms with E-state index >= 15 is 0 Å². The van der Waals surface area contributed by atoms with E-state index in [4.69, 9.17) is 4.74 Å². The number of carbonyl (C=O) groups excluding carboxylic acids is 1. The lowest BCUT2D eigenvalue weighted by Crippen LogP contribution is -2.23. The topological polar surface area (TPSA) is 78.2 Å². The van der Waals surface area contributed by atoms with Gasteiger partial charge in [-0.05, 0) is 36.4 Å². The molecule has 0 atom stereocenters. The summed E-state index contributed by atoms with van der Waals surface area (Å²) in [7, 11) is 1.68. The quantitative estimate of drug-likeness (QED) is 0.526. The Balaban J connectivity index is 1.42. The molecule has 1 N–H and O–H groups in total. The van der Waals surface area contributed by atoms with E-state index < -0.39 is 0 Å². The van der Waals surface area contributed by atoms with Crippen LogP contribution in [0.15, 0.2) is 65.8 Å². The van der Waals surface area contributed by atoms with Crippen LogP contribution in [0.25, 0.3) is 21.8 Å². The molecule has 0 aliphatic heterocycles. The van der Waals surface area contributed by atoms with Gasteiger partial charge in [0.2, 0.25) is 5.91 Å². The predicted molar refractivity (Wildman–Crippen MR) is 113 cm³/mol. The number of nitrogens with zero attached hydrogens (tertiary/aromatic N) is 3. The first-order chi connectivity index (χ1) is 14.2. The molecule has 4 aromatic rings. The van der Waals surface area contributed by atoms with Gasteiger partial charge in [0.05, 0.1) is 23.8 Å². The molecule has 0 saturated heterocycles. The smallest absolute Gasteiger partial charge is 0.261 e. The van der Waals surface area contributed by atoms with Crippen LogP contribution in [-0.2, 0) is 22.6 Å². The van der Waals surface area contributed by atoms with Crippen LogP contribution in [0.3, 0.4) is 0 Å². The SMILES string of the molecule is COCCn1ccc2cc(NC(=O)CCn3cnc4ccccc4c3=O)ccc21. The summed E-state index contributed by atoms with van der Waals surface area (Å²) in [5, 5.41) is 4.51. The van der Waals surface area contributed by atoms with E-state index in [1.54, 1.807) is 25.3 Å². The van der Waals surface area contributed by atoms with Gasteiger partial charge in [-0.3, -0.25) is 14.2 Å². The number of aryl methyl sites for hydroxylation is 1. The van der Waals surface area contributed by atoms with Gasteiger partial charge in [0.25, 0.3) is 5.56 Å². The van der Waals surface area contributed by atoms with Crippen molar-refractivity contribution in [2.75, 3.05) is 19.0 Å². The van der Waals surface area contributed by atoms with Gasteiger partial charge in [-0.25, -0.2) is 4.98 Å². The highest BCUT2D eigenvalue weighted by molar-refractivity contribution is 5.93. The van der Waals surface area contributed by atoms with Gasteiger partial charge in [-0.1, -0.05) is 12.1 Å². The summed E-state index contributed by atoms with van der Waals surface area (Å²) in [4.78, 5) is 29.2. The second-order valence-electron chi connectivity index (χ2n) is 6.83. The van der Waals surface area contributed by atoms with E-state index in [9.17, 15) is 9.59 Å². The van der Waals surface area contributed by atoms with E-state index in [-0.39, 0.29) is 24.4 Å². The molecule has 0 unspecified atom stereocenters. The number of benzene rings is 2. The molecule has 0 radical (unpaired) electrons. The molecule has 0 saturated carbocycles. The summed E-state index contributed by atoms with van der Waals surface area (Å²) >= 11 is 0. The van der Waals surface area contributed by atoms with E-state index in [1.165, 1.54) is 10.9 Å². The number of rotatable bonds is 7. The molecule has 7 nitrogen and oxygen atoms in total. The van der Waals surface area contributed by atoms with Crippen molar-refractivity contribution in [1.29, 1.82) is 0 Å². The lowest BCUT2D eigenvalue weighted by atomic mass is 10.2. The fourth-order valence-corrected chi connectivity index (χ4v) is 3.37. The highest BCUT2D eigenvalue weighted by Crippen LogP contribution is 2.20. The van der Waals surface area contributed by atoms with Crippen LogP contribution in [0.5, 0.6) is 0 Å². The zero-order chi connectivity index (χ0) is 20.2. The third-order valence-electron chi connectivity index (χ3n) is 4.90. The minimum Gasteiger partial charge on any atom is -0.383 e. The molecule has 2 aromatic heterocycles.